The fourth-order valence-corrected chi connectivity index (χ4v) is 2.91. The van der Waals surface area contributed by atoms with E-state index in [1.165, 1.54) is 12.0 Å². The van der Waals surface area contributed by atoms with Gasteiger partial charge in [0.05, 0.1) is 6.20 Å². The van der Waals surface area contributed by atoms with Gasteiger partial charge in [-0.2, -0.15) is 5.10 Å². The highest BCUT2D eigenvalue weighted by molar-refractivity contribution is 6.20. The number of hydrogen-bond acceptors (Lipinski definition) is 1. The lowest BCUT2D eigenvalue weighted by atomic mass is 9.83. The molecule has 1 aromatic rings. The molecular weight excluding hydrogens is 208 g/mol. The summed E-state index contributed by atoms with van der Waals surface area (Å²) >= 11 is 6.19. The van der Waals surface area contributed by atoms with Crippen LogP contribution in [0.3, 0.4) is 0 Å². The Labute approximate surface area is 96.6 Å². The van der Waals surface area contributed by atoms with Crippen LogP contribution in [0.1, 0.15) is 45.1 Å². The van der Waals surface area contributed by atoms with Gasteiger partial charge < -0.3 is 0 Å². The summed E-state index contributed by atoms with van der Waals surface area (Å²) in [5, 5.41) is 4.75. The van der Waals surface area contributed by atoms with Crippen LogP contribution in [-0.2, 0) is 12.0 Å². The van der Waals surface area contributed by atoms with Crippen LogP contribution in [0.15, 0.2) is 12.4 Å². The molecule has 0 radical (unpaired) electrons. The molecule has 1 aromatic heterocycles. The van der Waals surface area contributed by atoms with E-state index in [9.17, 15) is 0 Å². The van der Waals surface area contributed by atoms with Crippen molar-refractivity contribution in [3.8, 4) is 0 Å². The van der Waals surface area contributed by atoms with Gasteiger partial charge in [0.15, 0.2) is 0 Å². The predicted octanol–water partition coefficient (Wildman–Crippen LogP) is 3.34. The summed E-state index contributed by atoms with van der Waals surface area (Å²) in [4.78, 5) is 0. The Morgan fingerprint density at radius 1 is 1.67 bits per heavy atom. The summed E-state index contributed by atoms with van der Waals surface area (Å²) in [6.07, 6.45) is 8.77. The highest BCUT2D eigenvalue weighted by Gasteiger charge is 2.36. The molecule has 0 saturated heterocycles. The van der Waals surface area contributed by atoms with Crippen LogP contribution in [0, 0.1) is 0 Å². The Kier molecular flexibility index (Phi) is 3.06. The van der Waals surface area contributed by atoms with E-state index in [2.05, 4.69) is 25.1 Å². The van der Waals surface area contributed by atoms with Gasteiger partial charge in [0, 0.05) is 18.1 Å². The van der Waals surface area contributed by atoms with Crippen molar-refractivity contribution in [1.82, 2.24) is 9.78 Å². The normalized spacial score (nSPS) is 31.0. The molecule has 0 aliphatic heterocycles. The first kappa shape index (κ1) is 11.0. The highest BCUT2D eigenvalue weighted by atomic mass is 35.5. The second-order valence-electron chi connectivity index (χ2n) is 4.89. The number of alkyl halides is 1. The lowest BCUT2D eigenvalue weighted by Crippen LogP contribution is -2.17. The van der Waals surface area contributed by atoms with Crippen molar-refractivity contribution in [3.05, 3.63) is 18.0 Å². The van der Waals surface area contributed by atoms with Crippen molar-refractivity contribution >= 4 is 11.6 Å². The second kappa shape index (κ2) is 4.17. The van der Waals surface area contributed by atoms with E-state index in [0.29, 0.717) is 5.38 Å². The number of aryl methyl sites for hydroxylation is 1. The van der Waals surface area contributed by atoms with E-state index in [-0.39, 0.29) is 5.41 Å². The summed E-state index contributed by atoms with van der Waals surface area (Å²) in [6, 6.07) is 0. The van der Waals surface area contributed by atoms with Gasteiger partial charge in [-0.05, 0) is 36.7 Å². The minimum atomic E-state index is 0.262. The van der Waals surface area contributed by atoms with Crippen LogP contribution < -0.4 is 0 Å². The van der Waals surface area contributed by atoms with Gasteiger partial charge in [0.2, 0.25) is 0 Å². The third-order valence-corrected chi connectivity index (χ3v) is 3.84. The third kappa shape index (κ3) is 2.20. The monoisotopic (exact) mass is 226 g/mol. The Morgan fingerprint density at radius 2 is 2.47 bits per heavy atom. The topological polar surface area (TPSA) is 17.8 Å². The second-order valence-corrected chi connectivity index (χ2v) is 5.51. The predicted molar refractivity (Wildman–Crippen MR) is 63.4 cm³/mol. The lowest BCUT2D eigenvalue weighted by molar-refractivity contribution is 0.490. The zero-order chi connectivity index (χ0) is 10.9. The fraction of sp³-hybridized carbons (Fsp3) is 0.750. The highest BCUT2D eigenvalue weighted by Crippen LogP contribution is 2.42. The average molecular weight is 227 g/mol. The van der Waals surface area contributed by atoms with Gasteiger partial charge in [0.25, 0.3) is 0 Å². The molecule has 15 heavy (non-hydrogen) atoms. The van der Waals surface area contributed by atoms with Crippen molar-refractivity contribution < 1.29 is 0 Å². The Bertz CT molecular complexity index is 334. The molecular formula is C12H19ClN2. The van der Waals surface area contributed by atoms with E-state index < -0.39 is 0 Å². The minimum absolute atomic E-state index is 0.262. The molecule has 0 spiro atoms. The van der Waals surface area contributed by atoms with Gasteiger partial charge in [-0.15, -0.1) is 11.6 Å². The molecule has 0 aromatic carbocycles. The first-order valence-electron chi connectivity index (χ1n) is 5.81. The van der Waals surface area contributed by atoms with Crippen LogP contribution >= 0.6 is 11.6 Å². The average Bonchev–Trinajstić information content (AvgIpc) is 2.75. The molecule has 2 rings (SSSR count). The molecule has 0 N–H and O–H groups in total. The fourth-order valence-electron chi connectivity index (χ4n) is 2.46. The first-order valence-corrected chi connectivity index (χ1v) is 6.25. The standard InChI is InChI=1S/C12H19ClN2/c1-3-6-15-9-10(8-14-15)12(2)5-4-11(13)7-12/h8-9,11H,3-7H2,1-2H3. The molecule has 1 saturated carbocycles. The van der Waals surface area contributed by atoms with Gasteiger partial charge in [-0.3, -0.25) is 4.68 Å². The van der Waals surface area contributed by atoms with Crippen LogP contribution in [0.5, 0.6) is 0 Å². The molecule has 3 heteroatoms. The van der Waals surface area contributed by atoms with E-state index in [1.54, 1.807) is 0 Å². The van der Waals surface area contributed by atoms with Crippen LogP contribution in [0.2, 0.25) is 0 Å². The number of rotatable bonds is 3. The Morgan fingerprint density at radius 3 is 3.07 bits per heavy atom. The molecule has 2 nitrogen and oxygen atoms in total. The summed E-state index contributed by atoms with van der Waals surface area (Å²) in [7, 11) is 0. The lowest BCUT2D eigenvalue weighted by Gasteiger charge is -2.21. The van der Waals surface area contributed by atoms with Crippen molar-refractivity contribution in [1.29, 1.82) is 0 Å². The third-order valence-electron chi connectivity index (χ3n) is 3.46. The summed E-state index contributed by atoms with van der Waals surface area (Å²) < 4.78 is 2.04. The van der Waals surface area contributed by atoms with Gasteiger partial charge in [-0.1, -0.05) is 13.8 Å². The Hall–Kier alpha value is -0.500. The summed E-state index contributed by atoms with van der Waals surface area (Å²) in [5.74, 6) is 0. The summed E-state index contributed by atoms with van der Waals surface area (Å²) in [6.45, 7) is 5.50. The smallest absolute Gasteiger partial charge is 0.0527 e. The van der Waals surface area contributed by atoms with Gasteiger partial charge in [0.1, 0.15) is 0 Å². The molecule has 0 bridgehead atoms. The molecule has 1 heterocycles. The van der Waals surface area contributed by atoms with E-state index >= 15 is 0 Å². The van der Waals surface area contributed by atoms with Crippen LogP contribution in [-0.4, -0.2) is 15.2 Å². The van der Waals surface area contributed by atoms with Crippen LogP contribution in [0.25, 0.3) is 0 Å². The number of halogens is 1. The van der Waals surface area contributed by atoms with Crippen molar-refractivity contribution in [2.24, 2.45) is 0 Å². The van der Waals surface area contributed by atoms with Crippen molar-refractivity contribution in [3.63, 3.8) is 0 Å². The molecule has 84 valence electrons. The summed E-state index contributed by atoms with van der Waals surface area (Å²) in [5.41, 5.74) is 1.62. The zero-order valence-electron chi connectivity index (χ0n) is 9.54. The van der Waals surface area contributed by atoms with E-state index in [0.717, 1.165) is 25.8 Å². The first-order chi connectivity index (χ1) is 7.14. The maximum atomic E-state index is 6.19. The molecule has 1 aliphatic carbocycles. The molecule has 2 unspecified atom stereocenters. The maximum absolute atomic E-state index is 6.19. The van der Waals surface area contributed by atoms with E-state index in [4.69, 9.17) is 11.6 Å². The largest absolute Gasteiger partial charge is 0.272 e. The van der Waals surface area contributed by atoms with E-state index in [1.807, 2.05) is 10.9 Å². The molecule has 1 fully saturated rings. The quantitative estimate of drug-likeness (QED) is 0.723. The number of nitrogens with zero attached hydrogens (tertiary/aromatic N) is 2. The molecule has 0 amide bonds. The minimum Gasteiger partial charge on any atom is -0.272 e. The van der Waals surface area contributed by atoms with Crippen molar-refractivity contribution in [2.45, 2.75) is 56.9 Å². The SMILES string of the molecule is CCCn1cc(C2(C)CCC(Cl)C2)cn1. The van der Waals surface area contributed by atoms with Crippen molar-refractivity contribution in [2.75, 3.05) is 0 Å². The molecule has 1 aliphatic rings. The van der Waals surface area contributed by atoms with Crippen LogP contribution in [0.4, 0.5) is 0 Å². The maximum Gasteiger partial charge on any atom is 0.0527 e. The van der Waals surface area contributed by atoms with Gasteiger partial charge in [-0.25, -0.2) is 0 Å². The zero-order valence-corrected chi connectivity index (χ0v) is 10.3. The number of aromatic nitrogens is 2. The number of hydrogen-bond donors (Lipinski definition) is 0. The Balaban J connectivity index is 2.14. The van der Waals surface area contributed by atoms with Gasteiger partial charge >= 0.3 is 0 Å². The molecule has 2 atom stereocenters.